The Labute approximate surface area is 173 Å². The van der Waals surface area contributed by atoms with Crippen LogP contribution in [0, 0.1) is 5.92 Å². The van der Waals surface area contributed by atoms with Gasteiger partial charge in [0.05, 0.1) is 19.1 Å². The predicted molar refractivity (Wildman–Crippen MR) is 111 cm³/mol. The zero-order chi connectivity index (χ0) is 20.9. The van der Waals surface area contributed by atoms with Crippen molar-refractivity contribution in [3.05, 3.63) is 70.8 Å². The van der Waals surface area contributed by atoms with E-state index in [2.05, 4.69) is 10.2 Å². The molecule has 0 radical (unpaired) electrons. The van der Waals surface area contributed by atoms with Gasteiger partial charge >= 0.3 is 5.69 Å². The number of ether oxygens (including phenoxy) is 1. The summed E-state index contributed by atoms with van der Waals surface area (Å²) in [6.45, 7) is 1.34. The van der Waals surface area contributed by atoms with Gasteiger partial charge in [0.15, 0.2) is 0 Å². The van der Waals surface area contributed by atoms with Crippen LogP contribution in [0.4, 0.5) is 0 Å². The molecular formula is C22H24N4O4. The van der Waals surface area contributed by atoms with Gasteiger partial charge < -0.3 is 14.1 Å². The number of hydrogen-bond donors (Lipinski definition) is 1. The Morgan fingerprint density at radius 1 is 1.33 bits per heavy atom. The van der Waals surface area contributed by atoms with Crippen LogP contribution in [0.3, 0.4) is 0 Å². The lowest BCUT2D eigenvalue weighted by atomic mass is 9.94. The van der Waals surface area contributed by atoms with Crippen molar-refractivity contribution < 1.29 is 13.9 Å². The zero-order valence-electron chi connectivity index (χ0n) is 16.8. The summed E-state index contributed by atoms with van der Waals surface area (Å²) < 4.78 is 12.2. The van der Waals surface area contributed by atoms with E-state index in [1.165, 1.54) is 0 Å². The number of amides is 1. The number of aromatic nitrogens is 3. The van der Waals surface area contributed by atoms with Gasteiger partial charge in [-0.3, -0.25) is 4.79 Å². The van der Waals surface area contributed by atoms with Crippen molar-refractivity contribution in [2.45, 2.75) is 19.3 Å². The van der Waals surface area contributed by atoms with Gasteiger partial charge in [-0.15, -0.1) is 0 Å². The number of carbonyl (C=O) groups excluding carboxylic acids is 1. The molecule has 4 rings (SSSR count). The predicted octanol–water partition coefficient (Wildman–Crippen LogP) is 2.66. The van der Waals surface area contributed by atoms with Crippen LogP contribution in [-0.2, 0) is 11.2 Å². The SMILES string of the molecule is COc1ccccc1-n1c(CC2CCCN(C(=O)C=Cc3ccco3)C2)n[nH]c1=O. The first-order chi connectivity index (χ1) is 14.7. The molecule has 1 aromatic carbocycles. The fourth-order valence-electron chi connectivity index (χ4n) is 3.86. The maximum Gasteiger partial charge on any atom is 0.348 e. The van der Waals surface area contributed by atoms with E-state index >= 15 is 0 Å². The van der Waals surface area contributed by atoms with Gasteiger partial charge in [0.1, 0.15) is 17.3 Å². The largest absolute Gasteiger partial charge is 0.495 e. The normalized spacial score (nSPS) is 16.8. The molecule has 156 valence electrons. The number of piperidine rings is 1. The average Bonchev–Trinajstić information content (AvgIpc) is 3.42. The number of para-hydroxylation sites is 2. The summed E-state index contributed by atoms with van der Waals surface area (Å²) >= 11 is 0. The number of carbonyl (C=O) groups is 1. The molecular weight excluding hydrogens is 384 g/mol. The second-order valence-corrected chi connectivity index (χ2v) is 7.30. The van der Waals surface area contributed by atoms with E-state index in [0.29, 0.717) is 36.0 Å². The van der Waals surface area contributed by atoms with Crippen LogP contribution in [0.15, 0.2) is 57.9 Å². The van der Waals surface area contributed by atoms with Gasteiger partial charge in [0.2, 0.25) is 5.91 Å². The first-order valence-electron chi connectivity index (χ1n) is 9.96. The molecule has 0 bridgehead atoms. The van der Waals surface area contributed by atoms with Crippen LogP contribution in [0.2, 0.25) is 0 Å². The number of furan rings is 1. The van der Waals surface area contributed by atoms with Crippen molar-refractivity contribution in [3.8, 4) is 11.4 Å². The Bertz CT molecular complexity index is 1080. The quantitative estimate of drug-likeness (QED) is 0.633. The van der Waals surface area contributed by atoms with Crippen molar-refractivity contribution in [2.75, 3.05) is 20.2 Å². The van der Waals surface area contributed by atoms with Crippen molar-refractivity contribution in [1.29, 1.82) is 0 Å². The Hall–Kier alpha value is -3.55. The van der Waals surface area contributed by atoms with Gasteiger partial charge in [-0.05, 0) is 49.1 Å². The fourth-order valence-corrected chi connectivity index (χ4v) is 3.86. The number of likely N-dealkylation sites (tertiary alicyclic amines) is 1. The van der Waals surface area contributed by atoms with Crippen LogP contribution in [0.5, 0.6) is 5.75 Å². The highest BCUT2D eigenvalue weighted by Crippen LogP contribution is 2.25. The molecule has 1 fully saturated rings. The molecule has 0 spiro atoms. The second kappa shape index (κ2) is 8.86. The molecule has 0 saturated carbocycles. The fraction of sp³-hybridized carbons (Fsp3) is 0.318. The number of rotatable bonds is 6. The molecule has 1 amide bonds. The zero-order valence-corrected chi connectivity index (χ0v) is 16.8. The van der Waals surface area contributed by atoms with Gasteiger partial charge in [0.25, 0.3) is 0 Å². The van der Waals surface area contributed by atoms with Gasteiger partial charge in [-0.25, -0.2) is 14.5 Å². The van der Waals surface area contributed by atoms with Crippen molar-refractivity contribution >= 4 is 12.0 Å². The lowest BCUT2D eigenvalue weighted by Crippen LogP contribution is -2.40. The summed E-state index contributed by atoms with van der Waals surface area (Å²) in [7, 11) is 1.57. The lowest BCUT2D eigenvalue weighted by molar-refractivity contribution is -0.127. The molecule has 1 aliphatic heterocycles. The van der Waals surface area contributed by atoms with E-state index in [1.54, 1.807) is 42.2 Å². The summed E-state index contributed by atoms with van der Waals surface area (Å²) in [6.07, 6.45) is 7.27. The maximum absolute atomic E-state index is 12.6. The first kappa shape index (κ1) is 19.8. The molecule has 30 heavy (non-hydrogen) atoms. The monoisotopic (exact) mass is 408 g/mol. The standard InChI is InChI=1S/C22H24N4O4/c1-29-19-9-3-2-8-18(19)26-20(23-24-22(26)28)14-16-6-4-12-25(15-16)21(27)11-10-17-7-5-13-30-17/h2-3,5,7-11,13,16H,4,6,12,14-15H2,1H3,(H,24,28). The molecule has 3 heterocycles. The summed E-state index contributed by atoms with van der Waals surface area (Å²) in [4.78, 5) is 26.8. The van der Waals surface area contributed by atoms with Crippen LogP contribution >= 0.6 is 0 Å². The summed E-state index contributed by atoms with van der Waals surface area (Å²) in [5.74, 6) is 2.05. The molecule has 3 aromatic rings. The third-order valence-corrected chi connectivity index (χ3v) is 5.30. The number of methoxy groups -OCH3 is 1. The van der Waals surface area contributed by atoms with E-state index < -0.39 is 0 Å². The van der Waals surface area contributed by atoms with Crippen LogP contribution < -0.4 is 10.4 Å². The summed E-state index contributed by atoms with van der Waals surface area (Å²) in [5, 5.41) is 6.79. The third-order valence-electron chi connectivity index (χ3n) is 5.30. The second-order valence-electron chi connectivity index (χ2n) is 7.30. The topological polar surface area (TPSA) is 93.4 Å². The highest BCUT2D eigenvalue weighted by Gasteiger charge is 2.25. The first-order valence-corrected chi connectivity index (χ1v) is 9.96. The lowest BCUT2D eigenvalue weighted by Gasteiger charge is -2.32. The molecule has 1 saturated heterocycles. The number of H-pyrrole nitrogens is 1. The Kier molecular flexibility index (Phi) is 5.83. The van der Waals surface area contributed by atoms with Crippen molar-refractivity contribution in [3.63, 3.8) is 0 Å². The van der Waals surface area contributed by atoms with E-state index in [4.69, 9.17) is 9.15 Å². The van der Waals surface area contributed by atoms with Crippen LogP contribution in [0.25, 0.3) is 11.8 Å². The van der Waals surface area contributed by atoms with E-state index in [-0.39, 0.29) is 17.5 Å². The van der Waals surface area contributed by atoms with Gasteiger partial charge in [-0.2, -0.15) is 5.10 Å². The Morgan fingerprint density at radius 2 is 2.20 bits per heavy atom. The third kappa shape index (κ3) is 4.22. The summed E-state index contributed by atoms with van der Waals surface area (Å²) in [5.41, 5.74) is 0.346. The van der Waals surface area contributed by atoms with Gasteiger partial charge in [-0.1, -0.05) is 12.1 Å². The molecule has 1 unspecified atom stereocenters. The molecule has 1 N–H and O–H groups in total. The highest BCUT2D eigenvalue weighted by molar-refractivity contribution is 5.91. The van der Waals surface area contributed by atoms with E-state index in [1.807, 2.05) is 29.2 Å². The minimum absolute atomic E-state index is 0.0414. The molecule has 2 aromatic heterocycles. The highest BCUT2D eigenvalue weighted by atomic mass is 16.5. The van der Waals surface area contributed by atoms with E-state index in [9.17, 15) is 9.59 Å². The smallest absolute Gasteiger partial charge is 0.348 e. The van der Waals surface area contributed by atoms with Crippen LogP contribution in [-0.4, -0.2) is 45.8 Å². The average molecular weight is 408 g/mol. The molecule has 8 nitrogen and oxygen atoms in total. The van der Waals surface area contributed by atoms with Crippen molar-refractivity contribution in [1.82, 2.24) is 19.7 Å². The summed E-state index contributed by atoms with van der Waals surface area (Å²) in [6, 6.07) is 10.9. The van der Waals surface area contributed by atoms with Gasteiger partial charge in [0, 0.05) is 25.6 Å². The minimum atomic E-state index is -0.306. The molecule has 0 aliphatic carbocycles. The molecule has 8 heteroatoms. The number of aromatic amines is 1. The number of hydrogen-bond acceptors (Lipinski definition) is 5. The molecule has 1 aliphatic rings. The maximum atomic E-state index is 12.6. The van der Waals surface area contributed by atoms with Crippen molar-refractivity contribution in [2.24, 2.45) is 5.92 Å². The Morgan fingerprint density at radius 3 is 3.00 bits per heavy atom. The van der Waals surface area contributed by atoms with E-state index in [0.717, 1.165) is 19.4 Å². The Balaban J connectivity index is 1.49. The van der Waals surface area contributed by atoms with Crippen LogP contribution in [0.1, 0.15) is 24.4 Å². The number of nitrogens with one attached hydrogen (secondary N) is 1. The molecule has 1 atom stereocenters. The number of benzene rings is 1. The minimum Gasteiger partial charge on any atom is -0.495 e. The number of nitrogens with zero attached hydrogens (tertiary/aromatic N) is 3.